The second kappa shape index (κ2) is 14.3. The molecule has 0 saturated carbocycles. The molecule has 0 aliphatic rings. The number of aromatic nitrogens is 1. The molecule has 0 aliphatic carbocycles. The fourth-order valence-corrected chi connectivity index (χ4v) is 9.27. The highest BCUT2D eigenvalue weighted by atomic mass is 16.3. The van der Waals surface area contributed by atoms with Crippen LogP contribution in [-0.4, -0.2) is 4.57 Å². The molecular weight excluding hydrogens is 741 g/mol. The predicted octanol–water partition coefficient (Wildman–Crippen LogP) is 16.3. The van der Waals surface area contributed by atoms with Crippen LogP contribution in [0.15, 0.2) is 235 Å². The van der Waals surface area contributed by atoms with E-state index in [0.717, 1.165) is 72.5 Å². The van der Waals surface area contributed by atoms with Crippen molar-refractivity contribution in [3.63, 3.8) is 0 Å². The normalized spacial score (nSPS) is 11.6. The van der Waals surface area contributed by atoms with Gasteiger partial charge in [-0.05, 0) is 93.7 Å². The molecular formula is C58H38N2O. The second-order valence-corrected chi connectivity index (χ2v) is 15.7. The number of furan rings is 1. The maximum atomic E-state index is 6.36. The molecule has 0 radical (unpaired) electrons. The fraction of sp³-hybridized carbons (Fsp3) is 0. The maximum absolute atomic E-state index is 6.36. The molecule has 0 spiro atoms. The number of hydrogen-bond donors (Lipinski definition) is 0. The van der Waals surface area contributed by atoms with Crippen molar-refractivity contribution in [2.24, 2.45) is 0 Å². The SMILES string of the molecule is c1ccc(-n2c3ccccc3c3ccccc32)c(-c2ccc(N(c3ccc(-c4ccc(-c5cccc6c5oc5ccccc56)cc4)cc3)c3ccc4ccccc4c3)cc2)c1. The summed E-state index contributed by atoms with van der Waals surface area (Å²) >= 11 is 0. The number of nitrogens with zero attached hydrogens (tertiary/aromatic N) is 2. The van der Waals surface area contributed by atoms with Gasteiger partial charge in [0.25, 0.3) is 0 Å². The van der Waals surface area contributed by atoms with Crippen LogP contribution in [0.4, 0.5) is 17.1 Å². The number of anilines is 3. The lowest BCUT2D eigenvalue weighted by atomic mass is 9.98. The van der Waals surface area contributed by atoms with E-state index in [-0.39, 0.29) is 0 Å². The van der Waals surface area contributed by atoms with Gasteiger partial charge < -0.3 is 13.9 Å². The molecule has 0 fully saturated rings. The Morgan fingerprint density at radius 1 is 0.328 bits per heavy atom. The average Bonchev–Trinajstić information content (AvgIpc) is 3.88. The molecule has 0 saturated heterocycles. The van der Waals surface area contributed by atoms with Gasteiger partial charge >= 0.3 is 0 Å². The van der Waals surface area contributed by atoms with Gasteiger partial charge in [-0.3, -0.25) is 0 Å². The zero-order chi connectivity index (χ0) is 40.3. The van der Waals surface area contributed by atoms with E-state index in [1.165, 1.54) is 38.1 Å². The lowest BCUT2D eigenvalue weighted by Crippen LogP contribution is -2.10. The molecule has 12 rings (SSSR count). The third-order valence-electron chi connectivity index (χ3n) is 12.2. The summed E-state index contributed by atoms with van der Waals surface area (Å²) in [5.74, 6) is 0. The number of para-hydroxylation sites is 5. The smallest absolute Gasteiger partial charge is 0.143 e. The Morgan fingerprint density at radius 2 is 0.820 bits per heavy atom. The van der Waals surface area contributed by atoms with Gasteiger partial charge in [0.15, 0.2) is 0 Å². The number of fused-ring (bicyclic) bond motifs is 7. The summed E-state index contributed by atoms with van der Waals surface area (Å²) in [6, 6.07) is 82.9. The summed E-state index contributed by atoms with van der Waals surface area (Å²) in [7, 11) is 0. The van der Waals surface area contributed by atoms with E-state index in [1.54, 1.807) is 0 Å². The van der Waals surface area contributed by atoms with Crippen LogP contribution in [0.2, 0.25) is 0 Å². The standard InChI is InChI=1S/C58H38N2O/c1-2-13-44-38-47(37-30-39(44)12-1)59(45-33-28-41(29-34-45)40-24-26-43(27-25-40)49-18-11-19-53-52-17-6-10-23-57(52)61-58(49)53)46-35-31-42(32-36-46)48-14-3-7-20-54(48)60-55-21-8-4-15-50(55)51-16-5-9-22-56(51)60/h1-38H. The molecule has 61 heavy (non-hydrogen) atoms. The van der Waals surface area contributed by atoms with Crippen molar-refractivity contribution in [1.82, 2.24) is 4.57 Å². The third-order valence-corrected chi connectivity index (χ3v) is 12.2. The molecule has 3 heteroatoms. The minimum Gasteiger partial charge on any atom is -0.455 e. The molecule has 0 atom stereocenters. The van der Waals surface area contributed by atoms with Crippen LogP contribution in [0.1, 0.15) is 0 Å². The van der Waals surface area contributed by atoms with E-state index >= 15 is 0 Å². The van der Waals surface area contributed by atoms with Crippen LogP contribution in [-0.2, 0) is 0 Å². The highest BCUT2D eigenvalue weighted by molar-refractivity contribution is 6.10. The van der Waals surface area contributed by atoms with E-state index in [1.807, 2.05) is 12.1 Å². The van der Waals surface area contributed by atoms with Gasteiger partial charge in [0.1, 0.15) is 11.2 Å². The van der Waals surface area contributed by atoms with E-state index in [0.29, 0.717) is 0 Å². The molecule has 10 aromatic carbocycles. The Balaban J connectivity index is 0.905. The highest BCUT2D eigenvalue weighted by Crippen LogP contribution is 2.41. The van der Waals surface area contributed by atoms with E-state index in [4.69, 9.17) is 4.42 Å². The van der Waals surface area contributed by atoms with Gasteiger partial charge in [0.2, 0.25) is 0 Å². The Labute approximate surface area is 353 Å². The fourth-order valence-electron chi connectivity index (χ4n) is 9.27. The van der Waals surface area contributed by atoms with E-state index in [9.17, 15) is 0 Å². The summed E-state index contributed by atoms with van der Waals surface area (Å²) in [6.07, 6.45) is 0. The lowest BCUT2D eigenvalue weighted by Gasteiger charge is -2.26. The Hall–Kier alpha value is -8.14. The van der Waals surface area contributed by atoms with Crippen LogP contribution in [0.5, 0.6) is 0 Å². The van der Waals surface area contributed by atoms with Crippen LogP contribution in [0, 0.1) is 0 Å². The van der Waals surface area contributed by atoms with Crippen LogP contribution in [0.25, 0.3) is 93.6 Å². The van der Waals surface area contributed by atoms with Gasteiger partial charge in [-0.1, -0.05) is 170 Å². The first kappa shape index (κ1) is 34.9. The zero-order valence-electron chi connectivity index (χ0n) is 33.2. The molecule has 286 valence electrons. The molecule has 0 aliphatic heterocycles. The second-order valence-electron chi connectivity index (χ2n) is 15.7. The zero-order valence-corrected chi connectivity index (χ0v) is 33.2. The van der Waals surface area contributed by atoms with Crippen molar-refractivity contribution in [3.8, 4) is 39.1 Å². The van der Waals surface area contributed by atoms with Crippen molar-refractivity contribution in [2.45, 2.75) is 0 Å². The average molecular weight is 779 g/mol. The van der Waals surface area contributed by atoms with Crippen molar-refractivity contribution in [2.75, 3.05) is 4.90 Å². The number of hydrogen-bond acceptors (Lipinski definition) is 2. The first-order valence-electron chi connectivity index (χ1n) is 20.8. The Morgan fingerprint density at radius 3 is 1.54 bits per heavy atom. The van der Waals surface area contributed by atoms with Crippen molar-refractivity contribution in [3.05, 3.63) is 231 Å². The first-order chi connectivity index (χ1) is 30.2. The number of rotatable bonds is 7. The lowest BCUT2D eigenvalue weighted by molar-refractivity contribution is 0.670. The van der Waals surface area contributed by atoms with Crippen LogP contribution >= 0.6 is 0 Å². The van der Waals surface area contributed by atoms with Crippen molar-refractivity contribution >= 4 is 71.6 Å². The summed E-state index contributed by atoms with van der Waals surface area (Å²) in [4.78, 5) is 2.36. The van der Waals surface area contributed by atoms with Crippen LogP contribution < -0.4 is 4.90 Å². The Bertz CT molecular complexity index is 3520. The molecule has 0 unspecified atom stereocenters. The highest BCUT2D eigenvalue weighted by Gasteiger charge is 2.18. The van der Waals surface area contributed by atoms with Gasteiger partial charge in [0.05, 0.1) is 16.7 Å². The van der Waals surface area contributed by atoms with Crippen molar-refractivity contribution < 1.29 is 4.42 Å². The van der Waals surface area contributed by atoms with Gasteiger partial charge in [-0.2, -0.15) is 0 Å². The van der Waals surface area contributed by atoms with E-state index in [2.05, 4.69) is 228 Å². The molecule has 0 bridgehead atoms. The van der Waals surface area contributed by atoms with Crippen molar-refractivity contribution in [1.29, 1.82) is 0 Å². The van der Waals surface area contributed by atoms with Gasteiger partial charge in [-0.15, -0.1) is 0 Å². The molecule has 0 amide bonds. The monoisotopic (exact) mass is 778 g/mol. The van der Waals surface area contributed by atoms with Crippen LogP contribution in [0.3, 0.4) is 0 Å². The molecule has 3 nitrogen and oxygen atoms in total. The largest absolute Gasteiger partial charge is 0.455 e. The minimum atomic E-state index is 0.913. The summed E-state index contributed by atoms with van der Waals surface area (Å²) in [6.45, 7) is 0. The quantitative estimate of drug-likeness (QED) is 0.161. The summed E-state index contributed by atoms with van der Waals surface area (Å²) < 4.78 is 8.77. The molecule has 0 N–H and O–H groups in total. The number of benzene rings is 10. The molecule has 2 aromatic heterocycles. The molecule has 2 heterocycles. The van der Waals surface area contributed by atoms with E-state index < -0.39 is 0 Å². The summed E-state index contributed by atoms with van der Waals surface area (Å²) in [5, 5.41) is 7.23. The van der Waals surface area contributed by atoms with Gasteiger partial charge in [0, 0.05) is 49.7 Å². The minimum absolute atomic E-state index is 0.913. The topological polar surface area (TPSA) is 21.3 Å². The maximum Gasteiger partial charge on any atom is 0.143 e. The Kier molecular flexibility index (Phi) is 8.17. The predicted molar refractivity (Wildman–Crippen MR) is 257 cm³/mol. The van der Waals surface area contributed by atoms with Gasteiger partial charge in [-0.25, -0.2) is 0 Å². The molecule has 12 aromatic rings. The first-order valence-corrected chi connectivity index (χ1v) is 20.8. The summed E-state index contributed by atoms with van der Waals surface area (Å²) in [5.41, 5.74) is 15.6. The third kappa shape index (κ3) is 5.90.